The molecule has 8 heteroatoms. The second kappa shape index (κ2) is 6.84. The number of hydrogen-bond donors (Lipinski definition) is 1. The summed E-state index contributed by atoms with van der Waals surface area (Å²) in [5.74, 6) is 0. The van der Waals surface area contributed by atoms with E-state index in [1.54, 1.807) is 16.9 Å². The van der Waals surface area contributed by atoms with Crippen molar-refractivity contribution in [3.8, 4) is 0 Å². The average molecular weight is 368 g/mol. The van der Waals surface area contributed by atoms with E-state index in [1.165, 1.54) is 6.07 Å². The van der Waals surface area contributed by atoms with Crippen LogP contribution in [0.15, 0.2) is 59.1 Å². The van der Waals surface area contributed by atoms with Crippen LogP contribution < -0.4 is 4.72 Å². The summed E-state index contributed by atoms with van der Waals surface area (Å²) in [5, 5.41) is 4.18. The topological polar surface area (TPSA) is 64.0 Å². The minimum atomic E-state index is -3.55. The summed E-state index contributed by atoms with van der Waals surface area (Å²) in [4.78, 5) is 0. The fraction of sp³-hybridized carbons (Fsp3) is 0.133. The maximum atomic E-state index is 12.3. The van der Waals surface area contributed by atoms with Crippen LogP contribution in [0.5, 0.6) is 0 Å². The normalized spacial score (nSPS) is 11.7. The second-order valence-electron chi connectivity index (χ2n) is 4.86. The smallest absolute Gasteiger partial charge is 0.250 e. The summed E-state index contributed by atoms with van der Waals surface area (Å²) in [6.45, 7) is 0.811. The predicted octanol–water partition coefficient (Wildman–Crippen LogP) is 3.12. The first-order valence-electron chi connectivity index (χ1n) is 6.84. The molecule has 0 fully saturated rings. The molecule has 23 heavy (non-hydrogen) atoms. The van der Waals surface area contributed by atoms with Crippen molar-refractivity contribution in [1.82, 2.24) is 14.5 Å². The van der Waals surface area contributed by atoms with Crippen molar-refractivity contribution >= 4 is 33.0 Å². The van der Waals surface area contributed by atoms with Crippen molar-refractivity contribution in [2.45, 2.75) is 17.3 Å². The Labute approximate surface area is 143 Å². The number of hydrogen-bond acceptors (Lipinski definition) is 4. The van der Waals surface area contributed by atoms with Crippen molar-refractivity contribution in [2.75, 3.05) is 0 Å². The van der Waals surface area contributed by atoms with Gasteiger partial charge in [-0.1, -0.05) is 35.9 Å². The molecule has 2 heterocycles. The van der Waals surface area contributed by atoms with Crippen LogP contribution in [0.4, 0.5) is 0 Å². The lowest BCUT2D eigenvalue weighted by molar-refractivity contribution is 0.582. The van der Waals surface area contributed by atoms with E-state index in [0.717, 1.165) is 22.5 Å². The van der Waals surface area contributed by atoms with Crippen LogP contribution >= 0.6 is 22.9 Å². The van der Waals surface area contributed by atoms with Crippen molar-refractivity contribution in [3.05, 3.63) is 70.3 Å². The SMILES string of the molecule is O=S(=O)(NCc1ccccc1Cn1cccn1)c1ccc(Cl)s1. The van der Waals surface area contributed by atoms with E-state index in [-0.39, 0.29) is 10.8 Å². The van der Waals surface area contributed by atoms with Gasteiger partial charge in [-0.3, -0.25) is 4.68 Å². The van der Waals surface area contributed by atoms with Gasteiger partial charge >= 0.3 is 0 Å². The Morgan fingerprint density at radius 2 is 1.91 bits per heavy atom. The Bertz CT molecular complexity index is 889. The van der Waals surface area contributed by atoms with Gasteiger partial charge < -0.3 is 0 Å². The third-order valence-corrected chi connectivity index (χ3v) is 6.40. The van der Waals surface area contributed by atoms with E-state index in [0.29, 0.717) is 10.9 Å². The molecule has 0 atom stereocenters. The molecular weight excluding hydrogens is 354 g/mol. The van der Waals surface area contributed by atoms with E-state index in [9.17, 15) is 8.42 Å². The van der Waals surface area contributed by atoms with Crippen molar-refractivity contribution < 1.29 is 8.42 Å². The third-order valence-electron chi connectivity index (χ3n) is 3.28. The zero-order valence-electron chi connectivity index (χ0n) is 12.0. The van der Waals surface area contributed by atoms with Crippen LogP contribution in [0.3, 0.4) is 0 Å². The predicted molar refractivity (Wildman–Crippen MR) is 91.1 cm³/mol. The van der Waals surface area contributed by atoms with E-state index in [4.69, 9.17) is 11.6 Å². The molecule has 5 nitrogen and oxygen atoms in total. The monoisotopic (exact) mass is 367 g/mol. The highest BCUT2D eigenvalue weighted by atomic mass is 35.5. The molecule has 0 aliphatic heterocycles. The molecule has 2 aromatic heterocycles. The van der Waals surface area contributed by atoms with Crippen molar-refractivity contribution in [3.63, 3.8) is 0 Å². The molecule has 0 saturated carbocycles. The van der Waals surface area contributed by atoms with Gasteiger partial charge in [0.05, 0.1) is 10.9 Å². The first-order chi connectivity index (χ1) is 11.0. The fourth-order valence-electron chi connectivity index (χ4n) is 2.14. The molecule has 0 unspecified atom stereocenters. The van der Waals surface area contributed by atoms with Gasteiger partial charge in [-0.15, -0.1) is 11.3 Å². The highest BCUT2D eigenvalue weighted by Crippen LogP contribution is 2.25. The Morgan fingerprint density at radius 1 is 1.13 bits per heavy atom. The van der Waals surface area contributed by atoms with Gasteiger partial charge in [-0.25, -0.2) is 13.1 Å². The Kier molecular flexibility index (Phi) is 4.82. The highest BCUT2D eigenvalue weighted by Gasteiger charge is 2.16. The largest absolute Gasteiger partial charge is 0.268 e. The van der Waals surface area contributed by atoms with Crippen LogP contribution in [-0.2, 0) is 23.1 Å². The van der Waals surface area contributed by atoms with Gasteiger partial charge in [0.15, 0.2) is 0 Å². The molecular formula is C15H14ClN3O2S2. The van der Waals surface area contributed by atoms with Crippen LogP contribution in [0.25, 0.3) is 0 Å². The van der Waals surface area contributed by atoms with Crippen LogP contribution in [0.1, 0.15) is 11.1 Å². The van der Waals surface area contributed by atoms with Crippen LogP contribution in [0, 0.1) is 0 Å². The standard InChI is InChI=1S/C15H14ClN3O2S2/c16-14-6-7-15(22-14)23(20,21)18-10-12-4-1-2-5-13(12)11-19-9-3-8-17-19/h1-9,18H,10-11H2. The Balaban J connectivity index is 1.76. The fourth-order valence-corrected chi connectivity index (χ4v) is 4.67. The molecule has 1 N–H and O–H groups in total. The van der Waals surface area contributed by atoms with E-state index in [1.807, 2.05) is 36.5 Å². The summed E-state index contributed by atoms with van der Waals surface area (Å²) < 4.78 is 29.6. The molecule has 1 aromatic carbocycles. The number of benzene rings is 1. The van der Waals surface area contributed by atoms with Gasteiger partial charge in [0.25, 0.3) is 0 Å². The lowest BCUT2D eigenvalue weighted by Crippen LogP contribution is -2.23. The lowest BCUT2D eigenvalue weighted by atomic mass is 10.1. The summed E-state index contributed by atoms with van der Waals surface area (Å²) >= 11 is 6.84. The molecule has 0 bridgehead atoms. The van der Waals surface area contributed by atoms with Crippen LogP contribution in [0.2, 0.25) is 4.34 Å². The van der Waals surface area contributed by atoms with Gasteiger partial charge in [0.1, 0.15) is 4.21 Å². The average Bonchev–Trinajstić information content (AvgIpc) is 3.18. The van der Waals surface area contributed by atoms with Gasteiger partial charge in [-0.05, 0) is 29.3 Å². The zero-order chi connectivity index (χ0) is 16.3. The molecule has 0 radical (unpaired) electrons. The Morgan fingerprint density at radius 3 is 2.57 bits per heavy atom. The molecule has 3 rings (SSSR count). The Hall–Kier alpha value is -1.67. The number of nitrogens with one attached hydrogen (secondary N) is 1. The molecule has 0 saturated heterocycles. The van der Waals surface area contributed by atoms with Crippen molar-refractivity contribution in [1.29, 1.82) is 0 Å². The highest BCUT2D eigenvalue weighted by molar-refractivity contribution is 7.91. The first-order valence-corrected chi connectivity index (χ1v) is 9.51. The number of aromatic nitrogens is 2. The molecule has 120 valence electrons. The summed E-state index contributed by atoms with van der Waals surface area (Å²) in [6, 6.07) is 12.6. The van der Waals surface area contributed by atoms with Crippen LogP contribution in [-0.4, -0.2) is 18.2 Å². The third kappa shape index (κ3) is 4.00. The number of nitrogens with zero attached hydrogens (tertiary/aromatic N) is 2. The maximum Gasteiger partial charge on any atom is 0.250 e. The van der Waals surface area contributed by atoms with E-state index < -0.39 is 10.0 Å². The summed E-state index contributed by atoms with van der Waals surface area (Å²) in [7, 11) is -3.55. The number of rotatable bonds is 6. The molecule has 0 spiro atoms. The number of thiophene rings is 1. The van der Waals surface area contributed by atoms with Gasteiger partial charge in [0, 0.05) is 18.9 Å². The maximum absolute atomic E-state index is 12.3. The molecule has 0 aliphatic rings. The van der Waals surface area contributed by atoms with Crippen molar-refractivity contribution in [2.24, 2.45) is 0 Å². The molecule has 0 amide bonds. The number of halogens is 1. The van der Waals surface area contributed by atoms with Gasteiger partial charge in [0.2, 0.25) is 10.0 Å². The number of sulfonamides is 1. The minimum absolute atomic E-state index is 0.215. The zero-order valence-corrected chi connectivity index (χ0v) is 14.4. The molecule has 0 aliphatic carbocycles. The summed E-state index contributed by atoms with van der Waals surface area (Å²) in [6.07, 6.45) is 3.58. The second-order valence-corrected chi connectivity index (χ2v) is 8.56. The summed E-state index contributed by atoms with van der Waals surface area (Å²) in [5.41, 5.74) is 1.93. The lowest BCUT2D eigenvalue weighted by Gasteiger charge is -2.10. The quantitative estimate of drug-likeness (QED) is 0.728. The van der Waals surface area contributed by atoms with Gasteiger partial charge in [-0.2, -0.15) is 5.10 Å². The minimum Gasteiger partial charge on any atom is -0.268 e. The van der Waals surface area contributed by atoms with E-state index >= 15 is 0 Å². The molecule has 3 aromatic rings. The van der Waals surface area contributed by atoms with E-state index in [2.05, 4.69) is 9.82 Å². The first kappa shape index (κ1) is 16.2.